The summed E-state index contributed by atoms with van der Waals surface area (Å²) in [5, 5.41) is 4.68. The Labute approximate surface area is 176 Å². The van der Waals surface area contributed by atoms with Crippen LogP contribution in [0, 0.1) is 13.8 Å². The summed E-state index contributed by atoms with van der Waals surface area (Å²) in [6.45, 7) is 4.24. The molecule has 0 aliphatic heterocycles. The highest BCUT2D eigenvalue weighted by Gasteiger charge is 2.18. The molecule has 0 unspecified atom stereocenters. The van der Waals surface area contributed by atoms with Crippen LogP contribution in [0.5, 0.6) is 0 Å². The van der Waals surface area contributed by atoms with E-state index >= 15 is 0 Å². The molecular weight excluding hydrogens is 396 g/mol. The molecule has 0 bridgehead atoms. The van der Waals surface area contributed by atoms with Crippen LogP contribution in [0.25, 0.3) is 32.8 Å². The Morgan fingerprint density at radius 2 is 1.77 bits per heavy atom. The molecule has 148 valence electrons. The van der Waals surface area contributed by atoms with Crippen LogP contribution in [-0.2, 0) is 6.54 Å². The van der Waals surface area contributed by atoms with Gasteiger partial charge in [-0.2, -0.15) is 4.98 Å². The van der Waals surface area contributed by atoms with Crippen molar-refractivity contribution in [2.24, 2.45) is 0 Å². The van der Waals surface area contributed by atoms with Gasteiger partial charge < -0.3 is 4.52 Å². The lowest BCUT2D eigenvalue weighted by Crippen LogP contribution is -2.21. The maximum absolute atomic E-state index is 13.3. The molecule has 2 aromatic carbocycles. The summed E-state index contributed by atoms with van der Waals surface area (Å²) in [7, 11) is 0. The second-order valence-electron chi connectivity index (χ2n) is 7.14. The summed E-state index contributed by atoms with van der Waals surface area (Å²) < 4.78 is 6.92. The van der Waals surface area contributed by atoms with Gasteiger partial charge in [0.15, 0.2) is 5.82 Å². The van der Waals surface area contributed by atoms with E-state index in [-0.39, 0.29) is 12.1 Å². The second kappa shape index (κ2) is 7.35. The van der Waals surface area contributed by atoms with Crippen LogP contribution in [-0.4, -0.2) is 19.7 Å². The van der Waals surface area contributed by atoms with Gasteiger partial charge in [0.25, 0.3) is 11.4 Å². The van der Waals surface area contributed by atoms with Crippen LogP contribution >= 0.6 is 11.3 Å². The molecule has 7 heteroatoms. The minimum Gasteiger partial charge on any atom is -0.334 e. The van der Waals surface area contributed by atoms with E-state index in [0.717, 1.165) is 32.0 Å². The van der Waals surface area contributed by atoms with Crippen molar-refractivity contribution < 1.29 is 4.52 Å². The van der Waals surface area contributed by atoms with Crippen LogP contribution in [0.2, 0.25) is 0 Å². The van der Waals surface area contributed by atoms with Crippen LogP contribution in [0.1, 0.15) is 16.3 Å². The Kier molecular flexibility index (Phi) is 4.52. The zero-order valence-corrected chi connectivity index (χ0v) is 17.3. The number of aryl methyl sites for hydroxylation is 2. The van der Waals surface area contributed by atoms with E-state index < -0.39 is 0 Å². The first-order chi connectivity index (χ1) is 14.6. The molecule has 5 rings (SSSR count). The van der Waals surface area contributed by atoms with Crippen molar-refractivity contribution in [1.82, 2.24) is 19.7 Å². The first-order valence-corrected chi connectivity index (χ1v) is 10.4. The van der Waals surface area contributed by atoms with Crippen molar-refractivity contribution in [3.05, 3.63) is 87.5 Å². The molecular formula is C23H18N4O2S. The highest BCUT2D eigenvalue weighted by atomic mass is 32.1. The Hall–Kier alpha value is -3.58. The molecule has 0 radical (unpaired) electrons. The number of aromatic nitrogens is 4. The fourth-order valence-electron chi connectivity index (χ4n) is 3.49. The Morgan fingerprint density at radius 3 is 2.53 bits per heavy atom. The molecule has 0 amide bonds. The van der Waals surface area contributed by atoms with E-state index in [4.69, 9.17) is 4.52 Å². The van der Waals surface area contributed by atoms with Gasteiger partial charge in [0.05, 0.1) is 18.3 Å². The molecule has 0 saturated carbocycles. The number of hydrogen-bond donors (Lipinski definition) is 0. The fraction of sp³-hybridized carbons (Fsp3) is 0.130. The van der Waals surface area contributed by atoms with Crippen molar-refractivity contribution in [3.63, 3.8) is 0 Å². The molecule has 30 heavy (non-hydrogen) atoms. The van der Waals surface area contributed by atoms with E-state index in [0.29, 0.717) is 17.1 Å². The summed E-state index contributed by atoms with van der Waals surface area (Å²) in [5.74, 6) is 0.866. The predicted molar refractivity (Wildman–Crippen MR) is 118 cm³/mol. The number of thiophene rings is 1. The normalized spacial score (nSPS) is 11.3. The number of hydrogen-bond acceptors (Lipinski definition) is 6. The maximum atomic E-state index is 13.3. The molecule has 0 aliphatic carbocycles. The van der Waals surface area contributed by atoms with Gasteiger partial charge in [0.2, 0.25) is 0 Å². The number of rotatable bonds is 4. The zero-order valence-electron chi connectivity index (χ0n) is 16.5. The molecule has 0 N–H and O–H groups in total. The van der Waals surface area contributed by atoms with Gasteiger partial charge in [-0.05, 0) is 31.5 Å². The van der Waals surface area contributed by atoms with Gasteiger partial charge in [-0.15, -0.1) is 11.3 Å². The minimum absolute atomic E-state index is 0.107. The fourth-order valence-corrected chi connectivity index (χ4v) is 4.49. The molecule has 6 nitrogen and oxygen atoms in total. The van der Waals surface area contributed by atoms with Crippen LogP contribution < -0.4 is 5.56 Å². The van der Waals surface area contributed by atoms with E-state index in [1.165, 1.54) is 15.9 Å². The Morgan fingerprint density at radius 1 is 1.00 bits per heavy atom. The van der Waals surface area contributed by atoms with Crippen molar-refractivity contribution in [2.45, 2.75) is 20.4 Å². The number of fused-ring (bicyclic) bond motifs is 1. The number of nitrogens with zero attached hydrogens (tertiary/aromatic N) is 4. The monoisotopic (exact) mass is 414 g/mol. The van der Waals surface area contributed by atoms with E-state index in [9.17, 15) is 4.79 Å². The predicted octanol–water partition coefficient (Wildman–Crippen LogP) is 4.84. The third-order valence-electron chi connectivity index (χ3n) is 5.00. The van der Waals surface area contributed by atoms with Crippen molar-refractivity contribution in [1.29, 1.82) is 0 Å². The molecule has 3 aromatic heterocycles. The van der Waals surface area contributed by atoms with Crippen LogP contribution in [0.4, 0.5) is 0 Å². The van der Waals surface area contributed by atoms with Crippen molar-refractivity contribution >= 4 is 21.6 Å². The third-order valence-corrected chi connectivity index (χ3v) is 6.01. The molecule has 0 aliphatic rings. The Balaban J connectivity index is 1.54. The maximum Gasteiger partial charge on any atom is 0.263 e. The minimum atomic E-state index is -0.107. The molecule has 5 aromatic rings. The Bertz CT molecular complexity index is 1400. The van der Waals surface area contributed by atoms with Crippen LogP contribution in [0.15, 0.2) is 70.2 Å². The van der Waals surface area contributed by atoms with E-state index in [1.807, 2.05) is 68.4 Å². The van der Waals surface area contributed by atoms with Gasteiger partial charge in [0.1, 0.15) is 4.83 Å². The van der Waals surface area contributed by atoms with Gasteiger partial charge in [-0.1, -0.05) is 53.2 Å². The van der Waals surface area contributed by atoms with Crippen molar-refractivity contribution in [2.75, 3.05) is 0 Å². The summed E-state index contributed by atoms with van der Waals surface area (Å²) in [4.78, 5) is 24.1. The molecule has 3 heterocycles. The lowest BCUT2D eigenvalue weighted by molar-refractivity contribution is 0.420. The first-order valence-electron chi connectivity index (χ1n) is 9.54. The SMILES string of the molecule is Cc1ccc(-c2nc(Cn3cnc4sc(C)c(-c5ccccc5)c4c3=O)no2)cc1. The molecule has 0 spiro atoms. The largest absolute Gasteiger partial charge is 0.334 e. The lowest BCUT2D eigenvalue weighted by atomic mass is 10.0. The second-order valence-corrected chi connectivity index (χ2v) is 8.34. The zero-order chi connectivity index (χ0) is 20.7. The smallest absolute Gasteiger partial charge is 0.263 e. The van der Waals surface area contributed by atoms with Crippen molar-refractivity contribution in [3.8, 4) is 22.6 Å². The van der Waals surface area contributed by atoms with Gasteiger partial charge in [-0.25, -0.2) is 4.98 Å². The first kappa shape index (κ1) is 18.4. The van der Waals surface area contributed by atoms with Gasteiger partial charge in [-0.3, -0.25) is 9.36 Å². The average molecular weight is 414 g/mol. The quantitative estimate of drug-likeness (QED) is 0.421. The van der Waals surface area contributed by atoms with Gasteiger partial charge in [0, 0.05) is 16.0 Å². The van der Waals surface area contributed by atoms with Crippen LogP contribution in [0.3, 0.4) is 0 Å². The number of benzene rings is 2. The standard InChI is InChI=1S/C23H18N4O2S/c1-14-8-10-17(11-9-14)21-25-18(26-29-21)12-27-13-24-22-20(23(27)28)19(15(2)30-22)16-6-4-3-5-7-16/h3-11,13H,12H2,1-2H3. The summed E-state index contributed by atoms with van der Waals surface area (Å²) in [6.07, 6.45) is 1.55. The lowest BCUT2D eigenvalue weighted by Gasteiger charge is -2.04. The van der Waals surface area contributed by atoms with E-state index in [2.05, 4.69) is 15.1 Å². The summed E-state index contributed by atoms with van der Waals surface area (Å²) in [5.41, 5.74) is 3.85. The third kappa shape index (κ3) is 3.23. The topological polar surface area (TPSA) is 73.8 Å². The summed E-state index contributed by atoms with van der Waals surface area (Å²) in [6, 6.07) is 17.8. The molecule has 0 atom stereocenters. The van der Waals surface area contributed by atoms with E-state index in [1.54, 1.807) is 6.33 Å². The highest BCUT2D eigenvalue weighted by molar-refractivity contribution is 7.19. The molecule has 0 fully saturated rings. The summed E-state index contributed by atoms with van der Waals surface area (Å²) >= 11 is 1.53. The average Bonchev–Trinajstić information content (AvgIpc) is 3.35. The highest BCUT2D eigenvalue weighted by Crippen LogP contribution is 2.35. The molecule has 0 saturated heterocycles. The van der Waals surface area contributed by atoms with Gasteiger partial charge >= 0.3 is 0 Å².